The molecule has 0 bridgehead atoms. The fourth-order valence-electron chi connectivity index (χ4n) is 2.83. The van der Waals surface area contributed by atoms with Crippen molar-refractivity contribution in [3.63, 3.8) is 0 Å². The van der Waals surface area contributed by atoms with Gasteiger partial charge in [-0.05, 0) is 38.1 Å². The number of likely N-dealkylation sites (tertiary alicyclic amines) is 1. The molecule has 1 fully saturated rings. The predicted octanol–water partition coefficient (Wildman–Crippen LogP) is 2.15. The van der Waals surface area contributed by atoms with Gasteiger partial charge in [0.1, 0.15) is 11.9 Å². The first kappa shape index (κ1) is 15.7. The van der Waals surface area contributed by atoms with Gasteiger partial charge in [0.2, 0.25) is 0 Å². The third-order valence-electron chi connectivity index (χ3n) is 4.33. The van der Waals surface area contributed by atoms with E-state index in [9.17, 15) is 0 Å². The molecular formula is C17H24N4O2. The van der Waals surface area contributed by atoms with E-state index in [2.05, 4.69) is 17.0 Å². The Morgan fingerprint density at radius 1 is 1.13 bits per heavy atom. The fraction of sp³-hybridized carbons (Fsp3) is 0.471. The lowest BCUT2D eigenvalue weighted by Gasteiger charge is -2.29. The van der Waals surface area contributed by atoms with Crippen molar-refractivity contribution in [2.45, 2.75) is 18.9 Å². The Labute approximate surface area is 136 Å². The third-order valence-corrected chi connectivity index (χ3v) is 4.33. The molecule has 2 N–H and O–H groups in total. The first-order valence-corrected chi connectivity index (χ1v) is 7.90. The van der Waals surface area contributed by atoms with Crippen LogP contribution in [0.2, 0.25) is 0 Å². The van der Waals surface area contributed by atoms with E-state index >= 15 is 0 Å². The first-order chi connectivity index (χ1) is 11.1. The lowest BCUT2D eigenvalue weighted by atomic mass is 10.1. The first-order valence-electron chi connectivity index (χ1n) is 7.90. The van der Waals surface area contributed by atoms with E-state index in [1.54, 1.807) is 11.8 Å². The van der Waals surface area contributed by atoms with Gasteiger partial charge in [0.25, 0.3) is 0 Å². The smallest absolute Gasteiger partial charge is 0.162 e. The number of rotatable bonds is 4. The van der Waals surface area contributed by atoms with Crippen molar-refractivity contribution in [2.75, 3.05) is 33.0 Å². The number of aromatic nitrogens is 2. The molecule has 1 saturated heterocycles. The van der Waals surface area contributed by atoms with Gasteiger partial charge in [-0.1, -0.05) is 0 Å². The second kappa shape index (κ2) is 6.50. The quantitative estimate of drug-likeness (QED) is 0.936. The highest BCUT2D eigenvalue weighted by atomic mass is 16.5. The maximum atomic E-state index is 6.21. The number of benzene rings is 1. The normalized spacial score (nSPS) is 16.5. The fourth-order valence-corrected chi connectivity index (χ4v) is 2.83. The Morgan fingerprint density at radius 2 is 1.87 bits per heavy atom. The van der Waals surface area contributed by atoms with Crippen LogP contribution in [0, 0.1) is 0 Å². The van der Waals surface area contributed by atoms with Gasteiger partial charge in [-0.25, -0.2) is 0 Å². The summed E-state index contributed by atoms with van der Waals surface area (Å²) in [6.45, 7) is 2.12. The van der Waals surface area contributed by atoms with Crippen molar-refractivity contribution >= 4 is 5.82 Å². The Bertz CT molecular complexity index is 656. The monoisotopic (exact) mass is 316 g/mol. The van der Waals surface area contributed by atoms with E-state index in [1.165, 1.54) is 0 Å². The summed E-state index contributed by atoms with van der Waals surface area (Å²) in [6.07, 6.45) is 2.28. The van der Waals surface area contributed by atoms with Crippen molar-refractivity contribution in [1.29, 1.82) is 0 Å². The standard InChI is InChI=1S/C17H24N4O2/c1-20-8-6-13(7-9-20)23-16-10-12(4-5-15(16)22-3)14-11-17(18)21(2)19-14/h4-5,10-11,13H,6-9,18H2,1-3H3. The number of methoxy groups -OCH3 is 1. The van der Waals surface area contributed by atoms with Crippen LogP contribution in [0.4, 0.5) is 5.82 Å². The molecule has 0 aliphatic carbocycles. The highest BCUT2D eigenvalue weighted by Crippen LogP contribution is 2.34. The van der Waals surface area contributed by atoms with Crippen LogP contribution in [0.3, 0.4) is 0 Å². The molecule has 1 aromatic heterocycles. The molecular weight excluding hydrogens is 292 g/mol. The zero-order valence-corrected chi connectivity index (χ0v) is 14.0. The van der Waals surface area contributed by atoms with Gasteiger partial charge in [-0.2, -0.15) is 5.10 Å². The number of nitrogen functional groups attached to an aromatic ring is 1. The van der Waals surface area contributed by atoms with Gasteiger partial charge in [0.05, 0.1) is 12.8 Å². The van der Waals surface area contributed by atoms with Gasteiger partial charge in [0, 0.05) is 31.8 Å². The largest absolute Gasteiger partial charge is 0.493 e. The van der Waals surface area contributed by atoms with Crippen LogP contribution in [0.1, 0.15) is 12.8 Å². The van der Waals surface area contributed by atoms with Crippen molar-refractivity contribution in [3.05, 3.63) is 24.3 Å². The molecule has 1 aliphatic rings. The van der Waals surface area contributed by atoms with Crippen LogP contribution in [0.25, 0.3) is 11.3 Å². The van der Waals surface area contributed by atoms with Crippen LogP contribution in [0.5, 0.6) is 11.5 Å². The molecule has 6 heteroatoms. The van der Waals surface area contributed by atoms with E-state index < -0.39 is 0 Å². The molecule has 6 nitrogen and oxygen atoms in total. The van der Waals surface area contributed by atoms with Crippen LogP contribution < -0.4 is 15.2 Å². The average Bonchev–Trinajstić information content (AvgIpc) is 2.89. The number of aryl methyl sites for hydroxylation is 1. The molecule has 2 heterocycles. The SMILES string of the molecule is COc1ccc(-c2cc(N)n(C)n2)cc1OC1CCN(C)CC1. The molecule has 23 heavy (non-hydrogen) atoms. The number of anilines is 1. The molecule has 0 radical (unpaired) electrons. The summed E-state index contributed by atoms with van der Waals surface area (Å²) in [6, 6.07) is 7.74. The lowest BCUT2D eigenvalue weighted by Crippen LogP contribution is -2.35. The van der Waals surface area contributed by atoms with Crippen molar-refractivity contribution < 1.29 is 9.47 Å². The summed E-state index contributed by atoms with van der Waals surface area (Å²) in [5.74, 6) is 2.15. The highest BCUT2D eigenvalue weighted by Gasteiger charge is 2.20. The molecule has 124 valence electrons. The zero-order valence-electron chi connectivity index (χ0n) is 14.0. The van der Waals surface area contributed by atoms with Crippen LogP contribution in [-0.2, 0) is 7.05 Å². The van der Waals surface area contributed by atoms with E-state index in [-0.39, 0.29) is 6.10 Å². The number of hydrogen-bond acceptors (Lipinski definition) is 5. The van der Waals surface area contributed by atoms with Gasteiger partial charge >= 0.3 is 0 Å². The van der Waals surface area contributed by atoms with Gasteiger partial charge in [-0.15, -0.1) is 0 Å². The highest BCUT2D eigenvalue weighted by molar-refractivity contribution is 5.66. The molecule has 0 spiro atoms. The van der Waals surface area contributed by atoms with Gasteiger partial charge < -0.3 is 20.1 Å². The number of nitrogens with zero attached hydrogens (tertiary/aromatic N) is 3. The number of hydrogen-bond donors (Lipinski definition) is 1. The van der Waals surface area contributed by atoms with Crippen LogP contribution in [-0.4, -0.2) is 48.0 Å². The Hall–Kier alpha value is -2.21. The summed E-state index contributed by atoms with van der Waals surface area (Å²) >= 11 is 0. The average molecular weight is 316 g/mol. The number of nitrogens with two attached hydrogens (primary N) is 1. The van der Waals surface area contributed by atoms with E-state index in [1.807, 2.05) is 31.3 Å². The predicted molar refractivity (Wildman–Crippen MR) is 90.8 cm³/mol. The molecule has 3 rings (SSSR count). The summed E-state index contributed by atoms with van der Waals surface area (Å²) in [4.78, 5) is 2.32. The summed E-state index contributed by atoms with van der Waals surface area (Å²) in [5.41, 5.74) is 7.68. The lowest BCUT2D eigenvalue weighted by molar-refractivity contribution is 0.111. The van der Waals surface area contributed by atoms with E-state index in [0.717, 1.165) is 48.7 Å². The Kier molecular flexibility index (Phi) is 4.43. The molecule has 0 saturated carbocycles. The van der Waals surface area contributed by atoms with Crippen molar-refractivity contribution in [2.24, 2.45) is 7.05 Å². The maximum Gasteiger partial charge on any atom is 0.162 e. The zero-order chi connectivity index (χ0) is 16.4. The maximum absolute atomic E-state index is 6.21. The molecule has 2 aromatic rings. The van der Waals surface area contributed by atoms with Gasteiger partial charge in [0.15, 0.2) is 11.5 Å². The molecule has 1 aliphatic heterocycles. The number of piperidine rings is 1. The topological polar surface area (TPSA) is 65.5 Å². The Balaban J connectivity index is 1.84. The van der Waals surface area contributed by atoms with Crippen molar-refractivity contribution in [1.82, 2.24) is 14.7 Å². The second-order valence-electron chi connectivity index (χ2n) is 6.06. The minimum atomic E-state index is 0.226. The number of ether oxygens (including phenoxy) is 2. The third kappa shape index (κ3) is 3.42. The van der Waals surface area contributed by atoms with Crippen molar-refractivity contribution in [3.8, 4) is 22.8 Å². The minimum Gasteiger partial charge on any atom is -0.493 e. The van der Waals surface area contributed by atoms with E-state index in [0.29, 0.717) is 5.82 Å². The van der Waals surface area contributed by atoms with Gasteiger partial charge in [-0.3, -0.25) is 4.68 Å². The Morgan fingerprint density at radius 3 is 2.48 bits per heavy atom. The molecule has 0 amide bonds. The summed E-state index contributed by atoms with van der Waals surface area (Å²) in [7, 11) is 5.64. The molecule has 1 aromatic carbocycles. The van der Waals surface area contributed by atoms with E-state index in [4.69, 9.17) is 15.2 Å². The summed E-state index contributed by atoms with van der Waals surface area (Å²) < 4.78 is 13.3. The minimum absolute atomic E-state index is 0.226. The molecule has 0 unspecified atom stereocenters. The van der Waals surface area contributed by atoms with Crippen LogP contribution in [0.15, 0.2) is 24.3 Å². The second-order valence-corrected chi connectivity index (χ2v) is 6.06. The van der Waals surface area contributed by atoms with Crippen LogP contribution >= 0.6 is 0 Å². The molecule has 0 atom stereocenters. The summed E-state index contributed by atoms with van der Waals surface area (Å²) in [5, 5.41) is 4.42.